The highest BCUT2D eigenvalue weighted by Gasteiger charge is 2.33. The molecule has 0 fully saturated rings. The second-order valence-corrected chi connectivity index (χ2v) is 5.89. The summed E-state index contributed by atoms with van der Waals surface area (Å²) in [6, 6.07) is 2.72. The van der Waals surface area contributed by atoms with Gasteiger partial charge in [-0.1, -0.05) is 18.2 Å². The molecule has 0 aliphatic carbocycles. The first-order valence-electron chi connectivity index (χ1n) is 6.98. The summed E-state index contributed by atoms with van der Waals surface area (Å²) in [7, 11) is 0. The van der Waals surface area contributed by atoms with Crippen molar-refractivity contribution in [2.24, 2.45) is 0 Å². The Morgan fingerprint density at radius 1 is 1.25 bits per heavy atom. The maximum Gasteiger partial charge on any atom is 0.417 e. The number of alkyl carbamates (subject to hydrolysis) is 1. The van der Waals surface area contributed by atoms with E-state index in [2.05, 4.69) is 5.32 Å². The van der Waals surface area contributed by atoms with Crippen molar-refractivity contribution in [2.45, 2.75) is 32.5 Å². The fourth-order valence-corrected chi connectivity index (χ4v) is 1.72. The summed E-state index contributed by atoms with van der Waals surface area (Å²) in [5.41, 5.74) is -2.38. The lowest BCUT2D eigenvalue weighted by atomic mass is 10.0. The average Bonchev–Trinajstić information content (AvgIpc) is 2.40. The lowest BCUT2D eigenvalue weighted by Gasteiger charge is -2.19. The van der Waals surface area contributed by atoms with Crippen molar-refractivity contribution >= 4 is 18.1 Å². The first kappa shape index (κ1) is 19.5. The monoisotopic (exact) mass is 345 g/mol. The number of amides is 1. The number of hydrogen-bond donors (Lipinski definition) is 2. The zero-order valence-electron chi connectivity index (χ0n) is 13.4. The summed E-state index contributed by atoms with van der Waals surface area (Å²) in [6.45, 7) is 5.01. The Morgan fingerprint density at radius 3 is 2.38 bits per heavy atom. The van der Waals surface area contributed by atoms with E-state index in [1.807, 2.05) is 0 Å². The summed E-state index contributed by atoms with van der Waals surface area (Å²) in [5, 5.41) is 11.2. The van der Waals surface area contributed by atoms with Gasteiger partial charge in [-0.3, -0.25) is 0 Å². The Balaban J connectivity index is 2.84. The highest BCUT2D eigenvalue weighted by molar-refractivity contribution is 5.88. The molecule has 1 aromatic carbocycles. The summed E-state index contributed by atoms with van der Waals surface area (Å²) in [4.78, 5) is 22.2. The zero-order chi connectivity index (χ0) is 18.5. The number of carbonyl (C=O) groups is 2. The molecule has 0 atom stereocenters. The van der Waals surface area contributed by atoms with Crippen LogP contribution < -0.4 is 5.32 Å². The molecule has 0 aliphatic rings. The van der Waals surface area contributed by atoms with Crippen LogP contribution in [0, 0.1) is 0 Å². The van der Waals surface area contributed by atoms with Gasteiger partial charge in [0.25, 0.3) is 0 Å². The number of benzene rings is 1. The van der Waals surface area contributed by atoms with Crippen LogP contribution in [-0.2, 0) is 10.9 Å². The van der Waals surface area contributed by atoms with E-state index in [0.717, 1.165) is 18.2 Å². The van der Waals surface area contributed by atoms with E-state index < -0.39 is 35.0 Å². The quantitative estimate of drug-likeness (QED) is 0.867. The third-order valence-electron chi connectivity index (χ3n) is 2.67. The molecule has 0 unspecified atom stereocenters. The average molecular weight is 345 g/mol. The molecule has 1 amide bonds. The van der Waals surface area contributed by atoms with Gasteiger partial charge in [0.1, 0.15) is 5.60 Å². The number of halogens is 3. The minimum Gasteiger partial charge on any atom is -0.478 e. The third-order valence-corrected chi connectivity index (χ3v) is 2.67. The summed E-state index contributed by atoms with van der Waals surface area (Å²) < 4.78 is 44.0. The van der Waals surface area contributed by atoms with Crippen LogP contribution in [-0.4, -0.2) is 29.3 Å². The fraction of sp³-hybridized carbons (Fsp3) is 0.375. The predicted octanol–water partition coefficient (Wildman–Crippen LogP) is 3.94. The van der Waals surface area contributed by atoms with Gasteiger partial charge < -0.3 is 15.2 Å². The molecule has 0 bridgehead atoms. The molecule has 0 saturated heterocycles. The molecule has 132 valence electrons. The smallest absolute Gasteiger partial charge is 0.417 e. The third kappa shape index (κ3) is 6.31. The predicted molar refractivity (Wildman–Crippen MR) is 81.7 cm³/mol. The van der Waals surface area contributed by atoms with Crippen molar-refractivity contribution in [3.63, 3.8) is 0 Å². The van der Waals surface area contributed by atoms with Crippen molar-refractivity contribution in [1.29, 1.82) is 0 Å². The number of rotatable bonds is 4. The Kier molecular flexibility index (Phi) is 6.00. The summed E-state index contributed by atoms with van der Waals surface area (Å²) in [6.07, 6.45) is -2.91. The molecule has 2 N–H and O–H groups in total. The van der Waals surface area contributed by atoms with E-state index in [1.54, 1.807) is 20.8 Å². The number of alkyl halides is 3. The first-order chi connectivity index (χ1) is 10.9. The maximum atomic E-state index is 13.0. The zero-order valence-corrected chi connectivity index (χ0v) is 13.4. The van der Waals surface area contributed by atoms with Gasteiger partial charge in [-0.05, 0) is 38.5 Å². The second-order valence-electron chi connectivity index (χ2n) is 5.89. The molecule has 0 radical (unpaired) electrons. The van der Waals surface area contributed by atoms with Gasteiger partial charge in [0.05, 0.1) is 11.1 Å². The van der Waals surface area contributed by atoms with E-state index in [1.165, 1.54) is 6.08 Å². The molecule has 8 heteroatoms. The van der Waals surface area contributed by atoms with Gasteiger partial charge in [-0.2, -0.15) is 13.2 Å². The SMILES string of the molecule is CC(C)(C)OC(=O)NCC=Cc1ccc(C(=O)O)cc1C(F)(F)F. The molecule has 0 aromatic heterocycles. The summed E-state index contributed by atoms with van der Waals surface area (Å²) in [5.74, 6) is -1.44. The topological polar surface area (TPSA) is 75.6 Å². The van der Waals surface area contributed by atoms with Crippen molar-refractivity contribution in [3.05, 3.63) is 41.0 Å². The molecule has 24 heavy (non-hydrogen) atoms. The first-order valence-corrected chi connectivity index (χ1v) is 6.98. The number of ether oxygens (including phenoxy) is 1. The lowest BCUT2D eigenvalue weighted by Crippen LogP contribution is -2.32. The number of carboxylic acids is 1. The minimum atomic E-state index is -4.69. The van der Waals surface area contributed by atoms with Gasteiger partial charge in [0, 0.05) is 6.54 Å². The highest BCUT2D eigenvalue weighted by Crippen LogP contribution is 2.33. The molecular weight excluding hydrogens is 327 g/mol. The van der Waals surface area contributed by atoms with Crippen LogP contribution in [0.1, 0.15) is 42.3 Å². The van der Waals surface area contributed by atoms with Crippen LogP contribution in [0.2, 0.25) is 0 Å². The standard InChI is InChI=1S/C16H18F3NO4/c1-15(2,3)24-14(23)20-8-4-5-10-6-7-11(13(21)22)9-12(10)16(17,18)19/h4-7,9H,8H2,1-3H3,(H,20,23)(H,21,22). The summed E-state index contributed by atoms with van der Waals surface area (Å²) >= 11 is 0. The molecule has 0 spiro atoms. The molecule has 0 heterocycles. The van der Waals surface area contributed by atoms with Crippen molar-refractivity contribution in [2.75, 3.05) is 6.54 Å². The van der Waals surface area contributed by atoms with E-state index in [4.69, 9.17) is 9.84 Å². The van der Waals surface area contributed by atoms with Crippen LogP contribution in [0.3, 0.4) is 0 Å². The molecule has 0 aliphatic heterocycles. The largest absolute Gasteiger partial charge is 0.478 e. The molecule has 1 rings (SSSR count). The Labute approximate surface area is 137 Å². The lowest BCUT2D eigenvalue weighted by molar-refractivity contribution is -0.137. The Hall–Kier alpha value is -2.51. The van der Waals surface area contributed by atoms with Crippen LogP contribution in [0.25, 0.3) is 6.08 Å². The number of aromatic carboxylic acids is 1. The maximum absolute atomic E-state index is 13.0. The number of carboxylic acid groups (broad SMARTS) is 1. The van der Waals surface area contributed by atoms with Gasteiger partial charge >= 0.3 is 18.2 Å². The normalized spacial score (nSPS) is 12.2. The van der Waals surface area contributed by atoms with E-state index in [0.29, 0.717) is 6.07 Å². The van der Waals surface area contributed by atoms with Gasteiger partial charge in [-0.25, -0.2) is 9.59 Å². The fourth-order valence-electron chi connectivity index (χ4n) is 1.72. The number of nitrogens with one attached hydrogen (secondary N) is 1. The number of hydrogen-bond acceptors (Lipinski definition) is 3. The van der Waals surface area contributed by atoms with Crippen LogP contribution in [0.4, 0.5) is 18.0 Å². The Bertz CT molecular complexity index is 646. The van der Waals surface area contributed by atoms with Gasteiger partial charge in [0.15, 0.2) is 0 Å². The van der Waals surface area contributed by atoms with E-state index >= 15 is 0 Å². The van der Waals surface area contributed by atoms with E-state index in [9.17, 15) is 22.8 Å². The van der Waals surface area contributed by atoms with Crippen LogP contribution in [0.5, 0.6) is 0 Å². The van der Waals surface area contributed by atoms with E-state index in [-0.39, 0.29) is 12.1 Å². The molecule has 0 saturated carbocycles. The van der Waals surface area contributed by atoms with Crippen molar-refractivity contribution in [1.82, 2.24) is 5.32 Å². The minimum absolute atomic E-state index is 0.0348. The Morgan fingerprint density at radius 2 is 1.88 bits per heavy atom. The van der Waals surface area contributed by atoms with Crippen molar-refractivity contribution in [3.8, 4) is 0 Å². The number of carbonyl (C=O) groups excluding carboxylic acids is 1. The molecule has 1 aromatic rings. The second kappa shape index (κ2) is 7.37. The van der Waals surface area contributed by atoms with Gasteiger partial charge in [0.2, 0.25) is 0 Å². The highest BCUT2D eigenvalue weighted by atomic mass is 19.4. The van der Waals surface area contributed by atoms with Gasteiger partial charge in [-0.15, -0.1) is 0 Å². The van der Waals surface area contributed by atoms with Crippen LogP contribution >= 0.6 is 0 Å². The van der Waals surface area contributed by atoms with Crippen LogP contribution in [0.15, 0.2) is 24.3 Å². The van der Waals surface area contributed by atoms with Crippen molar-refractivity contribution < 1.29 is 32.6 Å². The molecule has 5 nitrogen and oxygen atoms in total. The molecular formula is C16H18F3NO4.